The van der Waals surface area contributed by atoms with Crippen LogP contribution in [0.1, 0.15) is 18.6 Å². The zero-order valence-electron chi connectivity index (χ0n) is 10.8. The molecule has 0 unspecified atom stereocenters. The molecule has 0 bridgehead atoms. The first kappa shape index (κ1) is 15.3. The van der Waals surface area contributed by atoms with Crippen molar-refractivity contribution in [1.29, 1.82) is 0 Å². The first-order valence-corrected chi connectivity index (χ1v) is 7.42. The van der Waals surface area contributed by atoms with E-state index in [1.807, 2.05) is 37.4 Å². The van der Waals surface area contributed by atoms with E-state index in [9.17, 15) is 4.79 Å². The Balaban J connectivity index is 2.70. The molecule has 1 aromatic rings. The van der Waals surface area contributed by atoms with E-state index in [1.54, 1.807) is 7.11 Å². The molecule has 1 amide bonds. The first-order valence-electron chi connectivity index (χ1n) is 5.65. The molecule has 0 spiro atoms. The van der Waals surface area contributed by atoms with Gasteiger partial charge in [-0.3, -0.25) is 4.79 Å². The Kier molecular flexibility index (Phi) is 6.54. The van der Waals surface area contributed by atoms with E-state index >= 15 is 0 Å². The van der Waals surface area contributed by atoms with Gasteiger partial charge in [0.2, 0.25) is 5.91 Å². The van der Waals surface area contributed by atoms with Crippen molar-refractivity contribution >= 4 is 29.3 Å². The lowest BCUT2D eigenvalue weighted by molar-refractivity contribution is -0.120. The molecule has 5 heteroatoms. The van der Waals surface area contributed by atoms with E-state index in [1.165, 1.54) is 11.8 Å². The first-order chi connectivity index (χ1) is 8.58. The van der Waals surface area contributed by atoms with Crippen molar-refractivity contribution in [2.45, 2.75) is 19.1 Å². The Labute approximate surface area is 117 Å². The molecule has 3 nitrogen and oxygen atoms in total. The third-order valence-electron chi connectivity index (χ3n) is 2.57. The Morgan fingerprint density at radius 1 is 1.44 bits per heavy atom. The second-order valence-corrected chi connectivity index (χ2v) is 5.30. The summed E-state index contributed by atoms with van der Waals surface area (Å²) < 4.78 is 5.45. The molecule has 0 aliphatic carbocycles. The topological polar surface area (TPSA) is 38.3 Å². The van der Waals surface area contributed by atoms with Gasteiger partial charge in [0, 0.05) is 12.1 Å². The molecule has 0 saturated carbocycles. The summed E-state index contributed by atoms with van der Waals surface area (Å²) in [5, 5.41) is 3.61. The number of thioether (sulfide) groups is 1. The minimum absolute atomic E-state index is 0.0195. The van der Waals surface area contributed by atoms with Gasteiger partial charge in [0.25, 0.3) is 0 Å². The summed E-state index contributed by atoms with van der Waals surface area (Å²) in [5.74, 6) is 0.479. The van der Waals surface area contributed by atoms with E-state index in [0.29, 0.717) is 10.8 Å². The summed E-state index contributed by atoms with van der Waals surface area (Å²) in [4.78, 5) is 11.6. The van der Waals surface area contributed by atoms with Crippen molar-refractivity contribution < 1.29 is 9.53 Å². The van der Waals surface area contributed by atoms with Crippen molar-refractivity contribution in [3.05, 3.63) is 34.9 Å². The number of halogens is 1. The second-order valence-electron chi connectivity index (χ2n) is 4.00. The quantitative estimate of drug-likeness (QED) is 0.874. The lowest BCUT2D eigenvalue weighted by atomic mass is 10.0. The number of amides is 1. The van der Waals surface area contributed by atoms with Gasteiger partial charge in [0.15, 0.2) is 0 Å². The zero-order chi connectivity index (χ0) is 13.5. The Hall–Kier alpha value is -0.710. The van der Waals surface area contributed by atoms with Gasteiger partial charge in [-0.1, -0.05) is 23.7 Å². The minimum Gasteiger partial charge on any atom is -0.375 e. The highest BCUT2D eigenvalue weighted by Gasteiger charge is 2.20. The van der Waals surface area contributed by atoms with Gasteiger partial charge >= 0.3 is 0 Å². The fourth-order valence-electron chi connectivity index (χ4n) is 1.78. The largest absolute Gasteiger partial charge is 0.375 e. The normalized spacial score (nSPS) is 14.0. The van der Waals surface area contributed by atoms with E-state index in [-0.39, 0.29) is 18.1 Å². The lowest BCUT2D eigenvalue weighted by Gasteiger charge is -2.24. The molecule has 18 heavy (non-hydrogen) atoms. The molecule has 0 saturated heterocycles. The number of carbonyl (C=O) groups excluding carboxylic acids is 1. The maximum absolute atomic E-state index is 11.6. The van der Waals surface area contributed by atoms with Crippen molar-refractivity contribution in [2.24, 2.45) is 0 Å². The summed E-state index contributed by atoms with van der Waals surface area (Å²) in [5.41, 5.74) is 0.999. The summed E-state index contributed by atoms with van der Waals surface area (Å²) >= 11 is 7.35. The molecular formula is C13H18ClNO2S. The highest BCUT2D eigenvalue weighted by molar-refractivity contribution is 7.99. The summed E-state index contributed by atoms with van der Waals surface area (Å²) in [6.07, 6.45) is 1.73. The highest BCUT2D eigenvalue weighted by Crippen LogP contribution is 2.22. The molecule has 0 aliphatic heterocycles. The van der Waals surface area contributed by atoms with Crippen LogP contribution in [0.4, 0.5) is 0 Å². The predicted molar refractivity (Wildman–Crippen MR) is 77.2 cm³/mol. The van der Waals surface area contributed by atoms with Crippen molar-refractivity contribution in [3.8, 4) is 0 Å². The van der Waals surface area contributed by atoms with Gasteiger partial charge in [-0.05, 0) is 30.9 Å². The molecule has 2 atom stereocenters. The van der Waals surface area contributed by atoms with Crippen molar-refractivity contribution in [2.75, 3.05) is 19.1 Å². The lowest BCUT2D eigenvalue weighted by Crippen LogP contribution is -2.38. The Morgan fingerprint density at radius 3 is 2.56 bits per heavy atom. The number of hydrogen-bond acceptors (Lipinski definition) is 3. The zero-order valence-corrected chi connectivity index (χ0v) is 12.3. The summed E-state index contributed by atoms with van der Waals surface area (Å²) in [6, 6.07) is 7.37. The molecule has 100 valence electrons. The number of nitrogens with one attached hydrogen (secondary N) is 1. The third kappa shape index (κ3) is 4.52. The molecule has 0 heterocycles. The Morgan fingerprint density at radius 2 is 2.06 bits per heavy atom. The number of hydrogen-bond donors (Lipinski definition) is 1. The van der Waals surface area contributed by atoms with Gasteiger partial charge in [-0.2, -0.15) is 11.8 Å². The molecule has 0 radical (unpaired) electrons. The average Bonchev–Trinajstić information content (AvgIpc) is 2.32. The van der Waals surface area contributed by atoms with Gasteiger partial charge in [-0.15, -0.1) is 0 Å². The van der Waals surface area contributed by atoms with E-state index in [4.69, 9.17) is 16.3 Å². The van der Waals surface area contributed by atoms with E-state index < -0.39 is 0 Å². The van der Waals surface area contributed by atoms with Crippen LogP contribution in [-0.2, 0) is 9.53 Å². The average molecular weight is 288 g/mol. The van der Waals surface area contributed by atoms with Crippen LogP contribution in [-0.4, -0.2) is 31.1 Å². The number of carbonyl (C=O) groups is 1. The molecule has 1 N–H and O–H groups in total. The standard InChI is InChI=1S/C13H18ClNO2S/c1-9(15-12(16)8-18-3)13(17-2)10-4-6-11(14)7-5-10/h4-7,9,13H,8H2,1-3H3,(H,15,16)/t9-,13+/m1/s1. The van der Waals surface area contributed by atoms with Crippen LogP contribution >= 0.6 is 23.4 Å². The van der Waals surface area contributed by atoms with Crippen LogP contribution in [0.2, 0.25) is 5.02 Å². The van der Waals surface area contributed by atoms with Gasteiger partial charge < -0.3 is 10.1 Å². The van der Waals surface area contributed by atoms with E-state index in [0.717, 1.165) is 5.56 Å². The SMILES string of the molecule is CO[C@H](c1ccc(Cl)cc1)[C@@H](C)NC(=O)CSC. The van der Waals surface area contributed by atoms with Crippen molar-refractivity contribution in [1.82, 2.24) is 5.32 Å². The van der Waals surface area contributed by atoms with Crippen LogP contribution in [0.25, 0.3) is 0 Å². The highest BCUT2D eigenvalue weighted by atomic mass is 35.5. The van der Waals surface area contributed by atoms with Crippen LogP contribution in [0, 0.1) is 0 Å². The van der Waals surface area contributed by atoms with Gasteiger partial charge in [0.05, 0.1) is 11.8 Å². The summed E-state index contributed by atoms with van der Waals surface area (Å²) in [7, 11) is 1.64. The van der Waals surface area contributed by atoms with Gasteiger partial charge in [-0.25, -0.2) is 0 Å². The fraction of sp³-hybridized carbons (Fsp3) is 0.462. The summed E-state index contributed by atoms with van der Waals surface area (Å²) in [6.45, 7) is 1.93. The maximum atomic E-state index is 11.6. The molecule has 1 rings (SSSR count). The van der Waals surface area contributed by atoms with Gasteiger partial charge in [0.1, 0.15) is 6.10 Å². The van der Waals surface area contributed by atoms with Crippen LogP contribution in [0.3, 0.4) is 0 Å². The van der Waals surface area contributed by atoms with Crippen molar-refractivity contribution in [3.63, 3.8) is 0 Å². The molecular weight excluding hydrogens is 270 g/mol. The van der Waals surface area contributed by atoms with E-state index in [2.05, 4.69) is 5.32 Å². The maximum Gasteiger partial charge on any atom is 0.230 e. The second kappa shape index (κ2) is 7.67. The molecule has 0 fully saturated rings. The number of rotatable bonds is 6. The third-order valence-corrected chi connectivity index (χ3v) is 3.37. The predicted octanol–water partition coefficient (Wildman–Crippen LogP) is 2.90. The molecule has 1 aromatic carbocycles. The monoisotopic (exact) mass is 287 g/mol. The van der Waals surface area contributed by atoms with Crippen LogP contribution < -0.4 is 5.32 Å². The number of methoxy groups -OCH3 is 1. The van der Waals surface area contributed by atoms with Crippen LogP contribution in [0.5, 0.6) is 0 Å². The van der Waals surface area contributed by atoms with Crippen LogP contribution in [0.15, 0.2) is 24.3 Å². The smallest absolute Gasteiger partial charge is 0.230 e. The number of benzene rings is 1. The minimum atomic E-state index is -0.173. The Bertz CT molecular complexity index is 383. The fourth-order valence-corrected chi connectivity index (χ4v) is 2.26. The number of ether oxygens (including phenoxy) is 1. The molecule has 0 aromatic heterocycles. The molecule has 0 aliphatic rings.